The van der Waals surface area contributed by atoms with Crippen LogP contribution >= 0.6 is 0 Å². The van der Waals surface area contributed by atoms with E-state index in [0.717, 1.165) is 31.0 Å². The fourth-order valence-electron chi connectivity index (χ4n) is 3.68. The average Bonchev–Trinajstić information content (AvgIpc) is 2.79. The van der Waals surface area contributed by atoms with Gasteiger partial charge >= 0.3 is 18.3 Å². The summed E-state index contributed by atoms with van der Waals surface area (Å²) in [4.78, 5) is 26.9. The number of alkyl halides is 6. The minimum absolute atomic E-state index is 0.0505. The first-order valence-corrected chi connectivity index (χ1v) is 11.0. The number of hydrogen-bond donors (Lipinski definition) is 1. The monoisotopic (exact) mass is 514 g/mol. The molecule has 0 aliphatic carbocycles. The first-order chi connectivity index (χ1) is 16.3. The van der Waals surface area contributed by atoms with Gasteiger partial charge in [-0.15, -0.1) is 0 Å². The lowest BCUT2D eigenvalue weighted by atomic mass is 9.99. The second kappa shape index (κ2) is 12.3. The van der Waals surface area contributed by atoms with Crippen LogP contribution in [-0.4, -0.2) is 74.1 Å². The van der Waals surface area contributed by atoms with Gasteiger partial charge in [0.25, 0.3) is 5.91 Å². The fraction of sp³-hybridized carbons (Fsp3) is 0.636. The maximum absolute atomic E-state index is 12.8. The third-order valence-electron chi connectivity index (χ3n) is 5.29. The molecule has 7 nitrogen and oxygen atoms in total. The number of carbonyl (C=O) groups is 2. The Morgan fingerprint density at radius 1 is 1.09 bits per heavy atom. The molecule has 13 heteroatoms. The van der Waals surface area contributed by atoms with Crippen molar-refractivity contribution in [3.8, 4) is 11.5 Å². The van der Waals surface area contributed by atoms with Crippen LogP contribution in [0.4, 0.5) is 26.3 Å². The number of rotatable bonds is 10. The van der Waals surface area contributed by atoms with E-state index in [1.807, 2.05) is 4.90 Å². The molecule has 1 aromatic rings. The normalized spacial score (nSPS) is 18.0. The summed E-state index contributed by atoms with van der Waals surface area (Å²) in [6, 6.07) is 2.01. The maximum Gasteiger partial charge on any atom is 0.422 e. The number of nitrogens with one attached hydrogen (secondary N) is 1. The summed E-state index contributed by atoms with van der Waals surface area (Å²) < 4.78 is 89.6. The number of carbonyl (C=O) groups excluding carboxylic acids is 2. The van der Waals surface area contributed by atoms with Crippen molar-refractivity contribution in [2.24, 2.45) is 0 Å². The molecule has 0 bridgehead atoms. The molecule has 0 radical (unpaired) electrons. The van der Waals surface area contributed by atoms with Crippen molar-refractivity contribution in [2.75, 3.05) is 32.9 Å². The quantitative estimate of drug-likeness (QED) is 0.374. The number of halogens is 6. The van der Waals surface area contributed by atoms with Gasteiger partial charge in [0.05, 0.1) is 12.2 Å². The molecule has 1 aliphatic heterocycles. The third-order valence-corrected chi connectivity index (χ3v) is 5.29. The zero-order valence-electron chi connectivity index (χ0n) is 19.3. The minimum atomic E-state index is -4.69. The molecule has 0 spiro atoms. The van der Waals surface area contributed by atoms with Crippen LogP contribution in [0.3, 0.4) is 0 Å². The van der Waals surface area contributed by atoms with Crippen LogP contribution in [0.2, 0.25) is 0 Å². The highest BCUT2D eigenvalue weighted by molar-refractivity contribution is 5.97. The number of likely N-dealkylation sites (tertiary alicyclic amines) is 1. The van der Waals surface area contributed by atoms with E-state index in [9.17, 15) is 35.9 Å². The molecule has 2 unspecified atom stereocenters. The number of hydrogen-bond acceptors (Lipinski definition) is 6. The number of nitrogens with zero attached hydrogens (tertiary/aromatic N) is 1. The Morgan fingerprint density at radius 3 is 2.37 bits per heavy atom. The molecule has 198 valence electrons. The Morgan fingerprint density at radius 2 is 1.74 bits per heavy atom. The van der Waals surface area contributed by atoms with Crippen molar-refractivity contribution in [3.05, 3.63) is 23.8 Å². The number of benzene rings is 1. The van der Waals surface area contributed by atoms with E-state index in [4.69, 9.17) is 9.47 Å². The molecular weight excluding hydrogens is 486 g/mol. The number of amides is 1. The predicted molar refractivity (Wildman–Crippen MR) is 112 cm³/mol. The standard InChI is InChI=1S/C22H28F6N2O5/c1-3-33-20(32)14(2)30-9-5-4-6-15(30)11-29-19(31)17-10-16(34-12-21(23,24)25)7-8-18(17)35-13-22(26,27)28/h7-8,10,14-15H,3-6,9,11-13H2,1-2H3,(H,29,31). The van der Waals surface area contributed by atoms with Gasteiger partial charge in [-0.05, 0) is 51.4 Å². The van der Waals surface area contributed by atoms with Gasteiger partial charge in [0.1, 0.15) is 17.5 Å². The van der Waals surface area contributed by atoms with Crippen LogP contribution in [-0.2, 0) is 9.53 Å². The molecule has 2 rings (SSSR count). The molecule has 1 N–H and O–H groups in total. The molecule has 1 aliphatic rings. The molecular formula is C22H28F6N2O5. The summed E-state index contributed by atoms with van der Waals surface area (Å²) in [5.74, 6) is -2.08. The Balaban J connectivity index is 2.16. The van der Waals surface area contributed by atoms with Crippen molar-refractivity contribution >= 4 is 11.9 Å². The van der Waals surface area contributed by atoms with Crippen molar-refractivity contribution in [2.45, 2.75) is 57.5 Å². The summed E-state index contributed by atoms with van der Waals surface area (Å²) >= 11 is 0. The Labute approximate surface area is 198 Å². The second-order valence-electron chi connectivity index (χ2n) is 7.99. The van der Waals surface area contributed by atoms with Crippen LogP contribution in [0.15, 0.2) is 18.2 Å². The minimum Gasteiger partial charge on any atom is -0.484 e. The Bertz CT molecular complexity index is 862. The number of piperidine rings is 1. The van der Waals surface area contributed by atoms with E-state index >= 15 is 0 Å². The van der Waals surface area contributed by atoms with Gasteiger partial charge in [0.2, 0.25) is 0 Å². The maximum atomic E-state index is 12.8. The second-order valence-corrected chi connectivity index (χ2v) is 7.99. The van der Waals surface area contributed by atoms with Crippen LogP contribution in [0.25, 0.3) is 0 Å². The SMILES string of the molecule is CCOC(=O)C(C)N1CCCCC1CNC(=O)c1cc(OCC(F)(F)F)ccc1OCC(F)(F)F. The van der Waals surface area contributed by atoms with E-state index in [-0.39, 0.29) is 24.9 Å². The van der Waals surface area contributed by atoms with Gasteiger partial charge in [-0.2, -0.15) is 26.3 Å². The van der Waals surface area contributed by atoms with Crippen molar-refractivity contribution in [1.29, 1.82) is 0 Å². The van der Waals surface area contributed by atoms with E-state index < -0.39 is 54.8 Å². The van der Waals surface area contributed by atoms with Crippen LogP contribution in [0, 0.1) is 0 Å². The van der Waals surface area contributed by atoms with Gasteiger partial charge in [0, 0.05) is 12.6 Å². The fourth-order valence-corrected chi connectivity index (χ4v) is 3.68. The van der Waals surface area contributed by atoms with Crippen LogP contribution in [0.1, 0.15) is 43.5 Å². The van der Waals surface area contributed by atoms with Crippen molar-refractivity contribution in [3.63, 3.8) is 0 Å². The van der Waals surface area contributed by atoms with Gasteiger partial charge in [0.15, 0.2) is 13.2 Å². The lowest BCUT2D eigenvalue weighted by Crippen LogP contribution is -2.53. The number of ether oxygens (including phenoxy) is 3. The highest BCUT2D eigenvalue weighted by Crippen LogP contribution is 2.28. The van der Waals surface area contributed by atoms with Crippen molar-refractivity contribution < 1.29 is 50.1 Å². The van der Waals surface area contributed by atoms with E-state index in [1.165, 1.54) is 0 Å². The predicted octanol–water partition coefficient (Wildman–Crippen LogP) is 4.10. The molecule has 1 aromatic carbocycles. The lowest BCUT2D eigenvalue weighted by Gasteiger charge is -2.38. The van der Waals surface area contributed by atoms with Crippen LogP contribution in [0.5, 0.6) is 11.5 Å². The van der Waals surface area contributed by atoms with Crippen molar-refractivity contribution in [1.82, 2.24) is 10.2 Å². The first-order valence-electron chi connectivity index (χ1n) is 11.0. The van der Waals surface area contributed by atoms with Gasteiger partial charge in [-0.1, -0.05) is 6.42 Å². The Kier molecular flexibility index (Phi) is 10.0. The molecule has 1 fully saturated rings. The number of esters is 1. The Hall–Kier alpha value is -2.70. The summed E-state index contributed by atoms with van der Waals surface area (Å²) in [5.41, 5.74) is -0.408. The lowest BCUT2D eigenvalue weighted by molar-refractivity contribution is -0.154. The van der Waals surface area contributed by atoms with E-state index in [2.05, 4.69) is 10.1 Å². The summed E-state index contributed by atoms with van der Waals surface area (Å²) in [7, 11) is 0. The van der Waals surface area contributed by atoms with Gasteiger partial charge in [-0.3, -0.25) is 14.5 Å². The summed E-state index contributed by atoms with van der Waals surface area (Å²) in [5, 5.41) is 2.59. The summed E-state index contributed by atoms with van der Waals surface area (Å²) in [6.45, 7) is 0.886. The van der Waals surface area contributed by atoms with Gasteiger partial charge < -0.3 is 19.5 Å². The largest absolute Gasteiger partial charge is 0.484 e. The molecule has 0 saturated carbocycles. The molecule has 1 heterocycles. The average molecular weight is 514 g/mol. The van der Waals surface area contributed by atoms with E-state index in [1.54, 1.807) is 13.8 Å². The molecule has 1 amide bonds. The zero-order chi connectivity index (χ0) is 26.2. The van der Waals surface area contributed by atoms with E-state index in [0.29, 0.717) is 13.0 Å². The first kappa shape index (κ1) is 28.5. The zero-order valence-corrected chi connectivity index (χ0v) is 19.3. The third kappa shape index (κ3) is 9.46. The van der Waals surface area contributed by atoms with Gasteiger partial charge in [-0.25, -0.2) is 0 Å². The molecule has 1 saturated heterocycles. The molecule has 2 atom stereocenters. The topological polar surface area (TPSA) is 77.1 Å². The smallest absolute Gasteiger partial charge is 0.422 e. The molecule has 35 heavy (non-hydrogen) atoms. The molecule has 0 aromatic heterocycles. The van der Waals surface area contributed by atoms with Crippen LogP contribution < -0.4 is 14.8 Å². The highest BCUT2D eigenvalue weighted by atomic mass is 19.4. The summed E-state index contributed by atoms with van der Waals surface area (Å²) in [6.07, 6.45) is -7.01. The highest BCUT2D eigenvalue weighted by Gasteiger charge is 2.33.